The van der Waals surface area contributed by atoms with Crippen molar-refractivity contribution >= 4 is 21.6 Å². The Kier molecular flexibility index (Phi) is 3.45. The minimum Gasteiger partial charge on any atom is -0.347 e. The van der Waals surface area contributed by atoms with Gasteiger partial charge in [0.15, 0.2) is 0 Å². The first kappa shape index (κ1) is 13.0. The number of benzene rings is 1. The van der Waals surface area contributed by atoms with E-state index in [1.165, 1.54) is 34.8 Å². The van der Waals surface area contributed by atoms with Crippen LogP contribution in [-0.4, -0.2) is 32.9 Å². The highest BCUT2D eigenvalue weighted by Crippen LogP contribution is 2.33. The number of nitrogens with one attached hydrogen (secondary N) is 1. The van der Waals surface area contributed by atoms with E-state index >= 15 is 0 Å². The maximum atomic E-state index is 4.84. The third-order valence-electron chi connectivity index (χ3n) is 4.11. The van der Waals surface area contributed by atoms with Crippen LogP contribution in [0.25, 0.3) is 10.2 Å². The number of H-pyrrole nitrogens is 1. The van der Waals surface area contributed by atoms with Gasteiger partial charge in [0.05, 0.1) is 21.6 Å². The molecule has 1 saturated heterocycles. The van der Waals surface area contributed by atoms with E-state index in [9.17, 15) is 0 Å². The van der Waals surface area contributed by atoms with Crippen molar-refractivity contribution in [3.05, 3.63) is 47.5 Å². The SMILES string of the molecule is c1ccc2sc(C3CCCN(Cc4cnc[nH]4)C3)nc2c1. The fourth-order valence-electron chi connectivity index (χ4n) is 3.08. The molecule has 2 aromatic heterocycles. The molecule has 1 unspecified atom stereocenters. The average Bonchev–Trinajstić information content (AvgIpc) is 3.16. The Bertz CT molecular complexity index is 686. The molecule has 5 heteroatoms. The fourth-order valence-corrected chi connectivity index (χ4v) is 4.17. The second-order valence-corrected chi connectivity index (χ2v) is 6.73. The number of hydrogen-bond acceptors (Lipinski definition) is 4. The third-order valence-corrected chi connectivity index (χ3v) is 5.31. The Morgan fingerprint density at radius 1 is 1.33 bits per heavy atom. The number of nitrogens with zero attached hydrogens (tertiary/aromatic N) is 3. The van der Waals surface area contributed by atoms with E-state index in [1.54, 1.807) is 6.33 Å². The molecule has 0 saturated carbocycles. The lowest BCUT2D eigenvalue weighted by Crippen LogP contribution is -2.33. The summed E-state index contributed by atoms with van der Waals surface area (Å²) in [6, 6.07) is 8.44. The predicted octanol–water partition coefficient (Wildman–Crippen LogP) is 3.40. The van der Waals surface area contributed by atoms with Gasteiger partial charge in [0.2, 0.25) is 0 Å². The van der Waals surface area contributed by atoms with Crippen molar-refractivity contribution < 1.29 is 0 Å². The minimum absolute atomic E-state index is 0.569. The van der Waals surface area contributed by atoms with Crippen molar-refractivity contribution in [1.29, 1.82) is 0 Å². The number of fused-ring (bicyclic) bond motifs is 1. The first-order chi connectivity index (χ1) is 10.4. The highest BCUT2D eigenvalue weighted by molar-refractivity contribution is 7.18. The van der Waals surface area contributed by atoms with Gasteiger partial charge in [0, 0.05) is 30.9 Å². The van der Waals surface area contributed by atoms with Crippen molar-refractivity contribution in [2.45, 2.75) is 25.3 Å². The van der Waals surface area contributed by atoms with E-state index in [2.05, 4.69) is 39.1 Å². The number of rotatable bonds is 3. The number of thiazole rings is 1. The van der Waals surface area contributed by atoms with Crippen LogP contribution in [0.1, 0.15) is 29.5 Å². The zero-order valence-electron chi connectivity index (χ0n) is 11.8. The lowest BCUT2D eigenvalue weighted by atomic mass is 9.98. The maximum Gasteiger partial charge on any atom is 0.0982 e. The van der Waals surface area contributed by atoms with E-state index in [0.29, 0.717) is 5.92 Å². The van der Waals surface area contributed by atoms with Crippen molar-refractivity contribution in [2.24, 2.45) is 0 Å². The van der Waals surface area contributed by atoms with Crippen molar-refractivity contribution in [1.82, 2.24) is 19.9 Å². The molecular formula is C16H18N4S. The molecule has 4 rings (SSSR count). The van der Waals surface area contributed by atoms with Crippen molar-refractivity contribution in [3.63, 3.8) is 0 Å². The molecule has 0 aliphatic carbocycles. The number of aromatic nitrogens is 3. The van der Waals surface area contributed by atoms with Crippen LogP contribution in [0.4, 0.5) is 0 Å². The molecule has 1 N–H and O–H groups in total. The first-order valence-electron chi connectivity index (χ1n) is 7.43. The molecule has 1 aliphatic rings. The number of imidazole rings is 1. The first-order valence-corrected chi connectivity index (χ1v) is 8.25. The van der Waals surface area contributed by atoms with Gasteiger partial charge in [0.25, 0.3) is 0 Å². The topological polar surface area (TPSA) is 44.8 Å². The summed E-state index contributed by atoms with van der Waals surface area (Å²) in [4.78, 5) is 14.6. The summed E-state index contributed by atoms with van der Waals surface area (Å²) in [5.41, 5.74) is 2.34. The molecule has 0 spiro atoms. The smallest absolute Gasteiger partial charge is 0.0982 e. The van der Waals surface area contributed by atoms with Gasteiger partial charge in [-0.2, -0.15) is 0 Å². The minimum atomic E-state index is 0.569. The summed E-state index contributed by atoms with van der Waals surface area (Å²) < 4.78 is 1.30. The highest BCUT2D eigenvalue weighted by atomic mass is 32.1. The Labute approximate surface area is 127 Å². The Morgan fingerprint density at radius 2 is 2.29 bits per heavy atom. The fraction of sp³-hybridized carbons (Fsp3) is 0.375. The summed E-state index contributed by atoms with van der Waals surface area (Å²) in [5, 5.41) is 1.30. The molecule has 3 aromatic rings. The van der Waals surface area contributed by atoms with E-state index < -0.39 is 0 Å². The van der Waals surface area contributed by atoms with Crippen LogP contribution in [-0.2, 0) is 6.54 Å². The van der Waals surface area contributed by atoms with Crippen molar-refractivity contribution in [2.75, 3.05) is 13.1 Å². The zero-order valence-corrected chi connectivity index (χ0v) is 12.6. The molecular weight excluding hydrogens is 280 g/mol. The number of piperidine rings is 1. The van der Waals surface area contributed by atoms with Gasteiger partial charge in [-0.3, -0.25) is 4.90 Å². The van der Waals surface area contributed by atoms with Gasteiger partial charge >= 0.3 is 0 Å². The summed E-state index contributed by atoms with van der Waals surface area (Å²) in [6.45, 7) is 3.22. The van der Waals surface area contributed by atoms with Crippen LogP contribution < -0.4 is 0 Å². The van der Waals surface area contributed by atoms with Gasteiger partial charge in [-0.15, -0.1) is 11.3 Å². The van der Waals surface area contributed by atoms with Crippen molar-refractivity contribution in [3.8, 4) is 0 Å². The summed E-state index contributed by atoms with van der Waals surface area (Å²) >= 11 is 1.86. The second-order valence-electron chi connectivity index (χ2n) is 5.67. The maximum absolute atomic E-state index is 4.84. The molecule has 0 bridgehead atoms. The van der Waals surface area contributed by atoms with E-state index in [4.69, 9.17) is 4.98 Å². The average molecular weight is 298 g/mol. The molecule has 4 nitrogen and oxygen atoms in total. The second kappa shape index (κ2) is 5.58. The Morgan fingerprint density at radius 3 is 3.14 bits per heavy atom. The van der Waals surface area contributed by atoms with Crippen LogP contribution in [0.15, 0.2) is 36.8 Å². The summed E-state index contributed by atoms with van der Waals surface area (Å²) in [7, 11) is 0. The summed E-state index contributed by atoms with van der Waals surface area (Å²) in [6.07, 6.45) is 6.17. The monoisotopic (exact) mass is 298 g/mol. The van der Waals surface area contributed by atoms with Crippen LogP contribution >= 0.6 is 11.3 Å². The normalized spacial score (nSPS) is 20.1. The lowest BCUT2D eigenvalue weighted by molar-refractivity contribution is 0.198. The zero-order chi connectivity index (χ0) is 14.1. The van der Waals surface area contributed by atoms with Gasteiger partial charge in [-0.1, -0.05) is 12.1 Å². The van der Waals surface area contributed by atoms with E-state index in [1.807, 2.05) is 17.5 Å². The van der Waals surface area contributed by atoms with Crippen LogP contribution in [0, 0.1) is 0 Å². The molecule has 1 atom stereocenters. The van der Waals surface area contributed by atoms with Crippen LogP contribution in [0.3, 0.4) is 0 Å². The van der Waals surface area contributed by atoms with Gasteiger partial charge in [-0.05, 0) is 31.5 Å². The van der Waals surface area contributed by atoms with Gasteiger partial charge in [-0.25, -0.2) is 9.97 Å². The number of para-hydroxylation sites is 1. The van der Waals surface area contributed by atoms with Gasteiger partial charge < -0.3 is 4.98 Å². The third kappa shape index (κ3) is 2.71. The lowest BCUT2D eigenvalue weighted by Gasteiger charge is -2.31. The molecule has 0 radical (unpaired) electrons. The molecule has 1 aromatic carbocycles. The molecule has 0 amide bonds. The molecule has 3 heterocycles. The standard InChI is InChI=1S/C16H18N4S/c1-2-6-15-14(5-1)19-16(21-15)12-4-3-7-20(9-12)10-13-8-17-11-18-13/h1-2,5-6,8,11-12H,3-4,7,9-10H2,(H,17,18). The van der Waals surface area contributed by atoms with E-state index in [-0.39, 0.29) is 0 Å². The van der Waals surface area contributed by atoms with Crippen LogP contribution in [0.2, 0.25) is 0 Å². The predicted molar refractivity (Wildman–Crippen MR) is 85.5 cm³/mol. The van der Waals surface area contributed by atoms with E-state index in [0.717, 1.165) is 18.6 Å². The number of hydrogen-bond donors (Lipinski definition) is 1. The number of likely N-dealkylation sites (tertiary alicyclic amines) is 1. The largest absolute Gasteiger partial charge is 0.347 e. The molecule has 1 fully saturated rings. The highest BCUT2D eigenvalue weighted by Gasteiger charge is 2.24. The van der Waals surface area contributed by atoms with Crippen LogP contribution in [0.5, 0.6) is 0 Å². The molecule has 21 heavy (non-hydrogen) atoms. The number of aromatic amines is 1. The molecule has 108 valence electrons. The Balaban J connectivity index is 1.52. The molecule has 1 aliphatic heterocycles. The summed E-state index contributed by atoms with van der Waals surface area (Å²) in [5.74, 6) is 0.569. The Hall–Kier alpha value is -1.72. The quantitative estimate of drug-likeness (QED) is 0.806. The van der Waals surface area contributed by atoms with Gasteiger partial charge in [0.1, 0.15) is 0 Å².